The summed E-state index contributed by atoms with van der Waals surface area (Å²) < 4.78 is 43.3. The fourth-order valence-electron chi connectivity index (χ4n) is 2.43. The van der Waals surface area contributed by atoms with Gasteiger partial charge in [0.1, 0.15) is 17.2 Å². The van der Waals surface area contributed by atoms with Gasteiger partial charge in [-0.05, 0) is 32.0 Å². The highest BCUT2D eigenvalue weighted by molar-refractivity contribution is 5.96. The minimum Gasteiger partial charge on any atom is -0.466 e. The van der Waals surface area contributed by atoms with Crippen LogP contribution < -0.4 is 16.2 Å². The average Bonchev–Trinajstić information content (AvgIpc) is 2.97. The molecule has 1 aromatic carbocycles. The highest BCUT2D eigenvalue weighted by Crippen LogP contribution is 2.34. The van der Waals surface area contributed by atoms with Gasteiger partial charge in [0, 0.05) is 19.0 Å². The number of anilines is 1. The van der Waals surface area contributed by atoms with E-state index in [0.717, 1.165) is 6.07 Å². The molecule has 29 heavy (non-hydrogen) atoms. The fourth-order valence-corrected chi connectivity index (χ4v) is 2.43. The van der Waals surface area contributed by atoms with Crippen LogP contribution in [-0.2, 0) is 11.0 Å². The lowest BCUT2D eigenvalue weighted by molar-refractivity contribution is -0.384. The van der Waals surface area contributed by atoms with Gasteiger partial charge in [-0.1, -0.05) is 0 Å². The third-order valence-electron chi connectivity index (χ3n) is 3.79. The molecule has 9 nitrogen and oxygen atoms in total. The van der Waals surface area contributed by atoms with Gasteiger partial charge in [0.15, 0.2) is 0 Å². The summed E-state index contributed by atoms with van der Waals surface area (Å²) in [7, 11) is 0. The molecule has 0 aliphatic carbocycles. The number of aryl methyl sites for hydroxylation is 2. The zero-order valence-corrected chi connectivity index (χ0v) is 15.3. The second-order valence-electron chi connectivity index (χ2n) is 5.99. The van der Waals surface area contributed by atoms with Crippen molar-refractivity contribution in [2.75, 3.05) is 11.9 Å². The first kappa shape index (κ1) is 21.7. The molecular weight excluding hydrogens is 397 g/mol. The molecule has 0 aliphatic heterocycles. The van der Waals surface area contributed by atoms with Gasteiger partial charge in [0.2, 0.25) is 5.91 Å². The van der Waals surface area contributed by atoms with Crippen LogP contribution in [-0.4, -0.2) is 23.3 Å². The fraction of sp³-hybridized carbons (Fsp3) is 0.294. The molecule has 2 amide bonds. The smallest absolute Gasteiger partial charge is 0.416 e. The monoisotopic (exact) mass is 414 g/mol. The third kappa shape index (κ3) is 5.70. The first-order valence-electron chi connectivity index (χ1n) is 8.24. The van der Waals surface area contributed by atoms with Crippen LogP contribution in [0, 0.1) is 24.0 Å². The molecule has 156 valence electrons. The van der Waals surface area contributed by atoms with Crippen LogP contribution in [0.2, 0.25) is 0 Å². The molecule has 2 aromatic rings. The van der Waals surface area contributed by atoms with Gasteiger partial charge in [-0.15, -0.1) is 0 Å². The Labute approximate surface area is 162 Å². The molecule has 1 aromatic heterocycles. The number of nitrogens with one attached hydrogen (secondary N) is 3. The number of rotatable bonds is 6. The van der Waals surface area contributed by atoms with Gasteiger partial charge in [-0.25, -0.2) is 0 Å². The number of alkyl halides is 3. The van der Waals surface area contributed by atoms with Gasteiger partial charge in [-0.2, -0.15) is 13.2 Å². The number of furan rings is 1. The quantitative estimate of drug-likeness (QED) is 0.493. The van der Waals surface area contributed by atoms with Crippen molar-refractivity contribution in [1.82, 2.24) is 10.9 Å². The molecule has 0 fully saturated rings. The molecule has 0 atom stereocenters. The summed E-state index contributed by atoms with van der Waals surface area (Å²) in [6, 6.07) is 3.54. The third-order valence-corrected chi connectivity index (χ3v) is 3.79. The molecular formula is C17H17F3N4O5. The predicted octanol–water partition coefficient (Wildman–Crippen LogP) is 3.09. The van der Waals surface area contributed by atoms with E-state index >= 15 is 0 Å². The second kappa shape index (κ2) is 8.63. The highest BCUT2D eigenvalue weighted by atomic mass is 19.4. The van der Waals surface area contributed by atoms with E-state index in [1.165, 1.54) is 6.07 Å². The Balaban J connectivity index is 1.89. The summed E-state index contributed by atoms with van der Waals surface area (Å²) in [6.07, 6.45) is -4.92. The maximum Gasteiger partial charge on any atom is 0.416 e. The van der Waals surface area contributed by atoms with E-state index < -0.39 is 34.2 Å². The number of hydrazine groups is 1. The number of nitro benzene ring substituents is 1. The first-order chi connectivity index (χ1) is 13.5. The van der Waals surface area contributed by atoms with Crippen LogP contribution in [0.4, 0.5) is 24.5 Å². The van der Waals surface area contributed by atoms with Gasteiger partial charge < -0.3 is 9.73 Å². The normalized spacial score (nSPS) is 11.1. The Kier molecular flexibility index (Phi) is 6.46. The average molecular weight is 414 g/mol. The van der Waals surface area contributed by atoms with Crippen molar-refractivity contribution in [1.29, 1.82) is 0 Å². The lowest BCUT2D eigenvalue weighted by Gasteiger charge is -2.11. The Morgan fingerprint density at radius 2 is 1.86 bits per heavy atom. The van der Waals surface area contributed by atoms with Crippen LogP contribution in [0.25, 0.3) is 0 Å². The minimum atomic E-state index is -4.72. The lowest BCUT2D eigenvalue weighted by atomic mass is 10.1. The molecule has 0 bridgehead atoms. The number of benzene rings is 1. The number of amides is 2. The summed E-state index contributed by atoms with van der Waals surface area (Å²) >= 11 is 0. The largest absolute Gasteiger partial charge is 0.466 e. The molecule has 0 saturated heterocycles. The molecule has 0 saturated carbocycles. The Hall–Kier alpha value is -3.57. The van der Waals surface area contributed by atoms with Crippen LogP contribution in [0.3, 0.4) is 0 Å². The Morgan fingerprint density at radius 3 is 2.41 bits per heavy atom. The molecule has 0 radical (unpaired) electrons. The summed E-state index contributed by atoms with van der Waals surface area (Å²) in [4.78, 5) is 33.8. The number of carbonyl (C=O) groups is 2. The molecule has 0 unspecified atom stereocenters. The molecule has 2 rings (SSSR count). The molecule has 3 N–H and O–H groups in total. The van der Waals surface area contributed by atoms with Crippen molar-refractivity contribution in [2.45, 2.75) is 26.4 Å². The Bertz CT molecular complexity index is 940. The van der Waals surface area contributed by atoms with E-state index in [1.54, 1.807) is 13.8 Å². The maximum absolute atomic E-state index is 12.7. The van der Waals surface area contributed by atoms with Crippen LogP contribution in [0.1, 0.15) is 33.9 Å². The van der Waals surface area contributed by atoms with Gasteiger partial charge >= 0.3 is 6.18 Å². The number of hydrogen-bond donors (Lipinski definition) is 3. The lowest BCUT2D eigenvalue weighted by Crippen LogP contribution is -2.42. The summed E-state index contributed by atoms with van der Waals surface area (Å²) in [6.45, 7) is 3.14. The van der Waals surface area contributed by atoms with Crippen molar-refractivity contribution < 1.29 is 32.1 Å². The topological polar surface area (TPSA) is 127 Å². The Morgan fingerprint density at radius 1 is 1.17 bits per heavy atom. The van der Waals surface area contributed by atoms with E-state index in [0.29, 0.717) is 23.7 Å². The zero-order valence-electron chi connectivity index (χ0n) is 15.3. The van der Waals surface area contributed by atoms with Crippen LogP contribution in [0.15, 0.2) is 28.7 Å². The van der Waals surface area contributed by atoms with E-state index in [1.807, 2.05) is 0 Å². The van der Waals surface area contributed by atoms with E-state index in [2.05, 4.69) is 16.2 Å². The minimum absolute atomic E-state index is 0.113. The van der Waals surface area contributed by atoms with Crippen LogP contribution in [0.5, 0.6) is 0 Å². The molecule has 0 aliphatic rings. The molecule has 12 heteroatoms. The predicted molar refractivity (Wildman–Crippen MR) is 95.0 cm³/mol. The summed E-state index contributed by atoms with van der Waals surface area (Å²) in [5, 5.41) is 13.5. The van der Waals surface area contributed by atoms with Gasteiger partial charge in [0.25, 0.3) is 11.6 Å². The second-order valence-corrected chi connectivity index (χ2v) is 5.99. The van der Waals surface area contributed by atoms with E-state index in [4.69, 9.17) is 4.42 Å². The van der Waals surface area contributed by atoms with Crippen molar-refractivity contribution in [3.05, 3.63) is 57.0 Å². The van der Waals surface area contributed by atoms with Crippen molar-refractivity contribution in [3.63, 3.8) is 0 Å². The number of hydrogen-bond acceptors (Lipinski definition) is 6. The van der Waals surface area contributed by atoms with E-state index in [-0.39, 0.29) is 24.2 Å². The van der Waals surface area contributed by atoms with Crippen molar-refractivity contribution >= 4 is 23.2 Å². The molecule has 0 spiro atoms. The standard InChI is InChI=1S/C17H17F3N4O5/c1-9-7-12(10(2)29-9)16(26)23-22-15(25)5-6-21-13-4-3-11(17(18,19)20)8-14(13)24(27)28/h3-4,7-8,21H,5-6H2,1-2H3,(H,22,25)(H,23,26). The van der Waals surface area contributed by atoms with Gasteiger partial charge in [-0.3, -0.25) is 30.6 Å². The van der Waals surface area contributed by atoms with Crippen molar-refractivity contribution in [3.8, 4) is 0 Å². The first-order valence-corrected chi connectivity index (χ1v) is 8.24. The van der Waals surface area contributed by atoms with Crippen LogP contribution >= 0.6 is 0 Å². The summed E-state index contributed by atoms with van der Waals surface area (Å²) in [5.74, 6) is -0.288. The number of nitro groups is 1. The SMILES string of the molecule is Cc1cc(C(=O)NNC(=O)CCNc2ccc(C(F)(F)F)cc2[N+](=O)[O-])c(C)o1. The van der Waals surface area contributed by atoms with E-state index in [9.17, 15) is 32.9 Å². The number of halogens is 3. The highest BCUT2D eigenvalue weighted by Gasteiger charge is 2.33. The molecule has 1 heterocycles. The maximum atomic E-state index is 12.7. The summed E-state index contributed by atoms with van der Waals surface area (Å²) in [5.41, 5.74) is 2.53. The number of nitrogens with zero attached hydrogens (tertiary/aromatic N) is 1. The number of carbonyl (C=O) groups excluding carboxylic acids is 2. The van der Waals surface area contributed by atoms with Gasteiger partial charge in [0.05, 0.1) is 16.1 Å². The zero-order chi connectivity index (χ0) is 21.8. The van der Waals surface area contributed by atoms with Crippen molar-refractivity contribution in [2.24, 2.45) is 0 Å².